The molecule has 0 unspecified atom stereocenters. The van der Waals surface area contributed by atoms with Crippen LogP contribution >= 0.6 is 0 Å². The Morgan fingerprint density at radius 3 is 2.47 bits per heavy atom. The number of benzene rings is 1. The molecule has 2 rings (SSSR count). The van der Waals surface area contributed by atoms with Crippen LogP contribution in [0.3, 0.4) is 0 Å². The van der Waals surface area contributed by atoms with Gasteiger partial charge < -0.3 is 11.1 Å². The van der Waals surface area contributed by atoms with Crippen LogP contribution in [0, 0.1) is 0 Å². The molecule has 1 atom stereocenters. The van der Waals surface area contributed by atoms with E-state index < -0.39 is 24.0 Å². The van der Waals surface area contributed by atoms with Gasteiger partial charge in [0, 0.05) is 6.42 Å². The highest BCUT2D eigenvalue weighted by Gasteiger charge is 2.40. The predicted molar refractivity (Wildman–Crippen MR) is 58.9 cm³/mol. The number of carbonyl (C=O) groups excluding carboxylic acids is 3. The molecule has 0 radical (unpaired) electrons. The van der Waals surface area contributed by atoms with E-state index in [1.54, 1.807) is 0 Å². The van der Waals surface area contributed by atoms with E-state index in [0.717, 1.165) is 5.56 Å². The molecule has 0 aromatic heterocycles. The summed E-state index contributed by atoms with van der Waals surface area (Å²) in [5.74, 6) is -0.605. The summed E-state index contributed by atoms with van der Waals surface area (Å²) >= 11 is 0. The lowest BCUT2D eigenvalue weighted by molar-refractivity contribution is -0.125. The van der Waals surface area contributed by atoms with E-state index in [4.69, 9.17) is 5.73 Å². The summed E-state index contributed by atoms with van der Waals surface area (Å²) in [7, 11) is 0. The molecular weight excluding hydrogens is 222 g/mol. The third-order valence-corrected chi connectivity index (χ3v) is 2.52. The lowest BCUT2D eigenvalue weighted by Gasteiger charge is -2.08. The average Bonchev–Trinajstić information content (AvgIpc) is 2.55. The van der Waals surface area contributed by atoms with Crippen LogP contribution in [-0.2, 0) is 11.2 Å². The van der Waals surface area contributed by atoms with E-state index in [-0.39, 0.29) is 0 Å². The molecule has 0 aliphatic carbocycles. The fourth-order valence-corrected chi connectivity index (χ4v) is 1.73. The molecule has 1 fully saturated rings. The van der Waals surface area contributed by atoms with Gasteiger partial charge in [0.2, 0.25) is 0 Å². The number of hydrogen-bond acceptors (Lipinski definition) is 3. The van der Waals surface area contributed by atoms with E-state index in [0.29, 0.717) is 11.3 Å². The molecule has 5 amide bonds. The topological polar surface area (TPSA) is 92.5 Å². The molecule has 1 aromatic rings. The van der Waals surface area contributed by atoms with Gasteiger partial charge in [-0.2, -0.15) is 4.90 Å². The lowest BCUT2D eigenvalue weighted by atomic mass is 10.1. The van der Waals surface area contributed by atoms with Crippen LogP contribution in [0.25, 0.3) is 0 Å². The van der Waals surface area contributed by atoms with Gasteiger partial charge in [0.05, 0.1) is 0 Å². The summed E-state index contributed by atoms with van der Waals surface area (Å²) in [4.78, 5) is 34.3. The number of amides is 5. The van der Waals surface area contributed by atoms with Crippen molar-refractivity contribution in [2.24, 2.45) is 5.73 Å². The number of carbonyl (C=O) groups is 3. The summed E-state index contributed by atoms with van der Waals surface area (Å²) in [6.45, 7) is 0. The number of primary amides is 1. The number of rotatable bonds is 2. The van der Waals surface area contributed by atoms with Crippen molar-refractivity contribution in [2.45, 2.75) is 12.5 Å². The highest BCUT2D eigenvalue weighted by molar-refractivity contribution is 6.15. The van der Waals surface area contributed by atoms with Crippen LogP contribution in [-0.4, -0.2) is 28.9 Å². The molecule has 0 saturated carbocycles. The third-order valence-electron chi connectivity index (χ3n) is 2.52. The maximum Gasteiger partial charge on any atom is 0.333 e. The van der Waals surface area contributed by atoms with Crippen LogP contribution < -0.4 is 11.1 Å². The highest BCUT2D eigenvalue weighted by atomic mass is 16.2. The van der Waals surface area contributed by atoms with Crippen molar-refractivity contribution >= 4 is 18.0 Å². The first kappa shape index (κ1) is 11.1. The number of nitrogens with zero attached hydrogens (tertiary/aromatic N) is 1. The molecule has 1 heterocycles. The van der Waals surface area contributed by atoms with Crippen molar-refractivity contribution < 1.29 is 14.4 Å². The lowest BCUT2D eigenvalue weighted by Crippen LogP contribution is -2.41. The maximum absolute atomic E-state index is 11.7. The molecule has 17 heavy (non-hydrogen) atoms. The molecule has 6 heteroatoms. The molecule has 3 N–H and O–H groups in total. The summed E-state index contributed by atoms with van der Waals surface area (Å²) in [6.07, 6.45) is 0.342. The molecule has 6 nitrogen and oxygen atoms in total. The van der Waals surface area contributed by atoms with Crippen LogP contribution in [0.5, 0.6) is 0 Å². The number of nitrogens with two attached hydrogens (primary N) is 1. The zero-order valence-electron chi connectivity index (χ0n) is 8.92. The van der Waals surface area contributed by atoms with E-state index >= 15 is 0 Å². The molecule has 1 aliphatic rings. The number of imide groups is 3. The summed E-state index contributed by atoms with van der Waals surface area (Å²) in [6, 6.07) is 6.67. The fraction of sp³-hybridized carbons (Fsp3) is 0.182. The first-order chi connectivity index (χ1) is 8.09. The molecule has 0 spiro atoms. The maximum atomic E-state index is 11.7. The smallest absolute Gasteiger partial charge is 0.333 e. The van der Waals surface area contributed by atoms with Gasteiger partial charge in [-0.1, -0.05) is 30.3 Å². The predicted octanol–water partition coefficient (Wildman–Crippen LogP) is 0.228. The van der Waals surface area contributed by atoms with Gasteiger partial charge in [-0.25, -0.2) is 9.59 Å². The van der Waals surface area contributed by atoms with Gasteiger partial charge >= 0.3 is 12.1 Å². The Labute approximate surface area is 97.4 Å². The zero-order valence-corrected chi connectivity index (χ0v) is 8.92. The normalized spacial score (nSPS) is 19.3. The van der Waals surface area contributed by atoms with Gasteiger partial charge in [-0.05, 0) is 5.56 Å². The van der Waals surface area contributed by atoms with Gasteiger partial charge in [-0.15, -0.1) is 0 Å². The van der Waals surface area contributed by atoms with E-state index in [1.807, 2.05) is 30.3 Å². The number of nitrogens with one attached hydrogen (secondary N) is 1. The van der Waals surface area contributed by atoms with Crippen molar-refractivity contribution in [3.8, 4) is 0 Å². The van der Waals surface area contributed by atoms with E-state index in [2.05, 4.69) is 5.32 Å². The average molecular weight is 233 g/mol. The molecular formula is C11H11N3O3. The second kappa shape index (κ2) is 4.25. The van der Waals surface area contributed by atoms with Crippen molar-refractivity contribution in [1.82, 2.24) is 10.2 Å². The Kier molecular flexibility index (Phi) is 2.78. The van der Waals surface area contributed by atoms with Crippen molar-refractivity contribution in [3.63, 3.8) is 0 Å². The number of urea groups is 2. The standard InChI is InChI=1S/C11H11N3O3/c12-10(16)14-9(15)8(13-11(14)17)6-7-4-2-1-3-5-7/h1-5,8H,6H2,(H2,12,16)(H,13,17)/t8-/m0/s1. The van der Waals surface area contributed by atoms with Crippen molar-refractivity contribution in [3.05, 3.63) is 35.9 Å². The van der Waals surface area contributed by atoms with Gasteiger partial charge in [0.1, 0.15) is 6.04 Å². The molecule has 88 valence electrons. The molecule has 0 bridgehead atoms. The van der Waals surface area contributed by atoms with Gasteiger partial charge in [0.25, 0.3) is 5.91 Å². The summed E-state index contributed by atoms with van der Waals surface area (Å²) < 4.78 is 0. The highest BCUT2D eigenvalue weighted by Crippen LogP contribution is 2.11. The van der Waals surface area contributed by atoms with E-state index in [9.17, 15) is 14.4 Å². The Hall–Kier alpha value is -2.37. The van der Waals surface area contributed by atoms with Crippen LogP contribution in [0.15, 0.2) is 30.3 Å². The SMILES string of the molecule is NC(=O)N1C(=O)N[C@@H](Cc2ccccc2)C1=O. The second-order valence-electron chi connectivity index (χ2n) is 3.70. The Balaban J connectivity index is 2.12. The minimum Gasteiger partial charge on any atom is -0.351 e. The third kappa shape index (κ3) is 2.10. The second-order valence-corrected chi connectivity index (χ2v) is 3.70. The van der Waals surface area contributed by atoms with Gasteiger partial charge in [0.15, 0.2) is 0 Å². The van der Waals surface area contributed by atoms with Crippen molar-refractivity contribution in [2.75, 3.05) is 0 Å². The van der Waals surface area contributed by atoms with Crippen LogP contribution in [0.2, 0.25) is 0 Å². The van der Waals surface area contributed by atoms with Gasteiger partial charge in [-0.3, -0.25) is 4.79 Å². The molecule has 1 aliphatic heterocycles. The van der Waals surface area contributed by atoms with Crippen molar-refractivity contribution in [1.29, 1.82) is 0 Å². The summed E-state index contributed by atoms with van der Waals surface area (Å²) in [5.41, 5.74) is 5.84. The van der Waals surface area contributed by atoms with E-state index in [1.165, 1.54) is 0 Å². The first-order valence-electron chi connectivity index (χ1n) is 5.07. The quantitative estimate of drug-likeness (QED) is 0.716. The first-order valence-corrected chi connectivity index (χ1v) is 5.07. The van der Waals surface area contributed by atoms with Crippen LogP contribution in [0.4, 0.5) is 9.59 Å². The Morgan fingerprint density at radius 2 is 1.94 bits per heavy atom. The Bertz CT molecular complexity index is 472. The summed E-state index contributed by atoms with van der Waals surface area (Å²) in [5, 5.41) is 2.42. The van der Waals surface area contributed by atoms with Crippen LogP contribution in [0.1, 0.15) is 5.56 Å². The largest absolute Gasteiger partial charge is 0.351 e. The minimum absolute atomic E-state index is 0.342. The number of hydrogen-bond donors (Lipinski definition) is 2. The fourth-order valence-electron chi connectivity index (χ4n) is 1.73. The monoisotopic (exact) mass is 233 g/mol. The molecule has 1 aromatic carbocycles. The zero-order chi connectivity index (χ0) is 12.4. The minimum atomic E-state index is -1.05. The Morgan fingerprint density at radius 1 is 1.29 bits per heavy atom. The molecule has 1 saturated heterocycles.